The number of methoxy groups -OCH3 is 1. The Bertz CT molecular complexity index is 979. The maximum Gasteiger partial charge on any atom is 0.260 e. The first-order valence-corrected chi connectivity index (χ1v) is 9.83. The lowest BCUT2D eigenvalue weighted by Crippen LogP contribution is -2.60. The molecule has 29 heavy (non-hydrogen) atoms. The standard InChI is InChI=1S/C22H22ClN3O3/c1-24-10-12-25(13-11-24)22(9-14-27)20-15-16(23)3-8-19(20)21(28)26(22)17-4-6-18(29-2)7-5-17/h3-9,15H,10-13H2,1-2H3. The molecular formula is C22H22ClN3O3. The van der Waals surface area contributed by atoms with Crippen molar-refractivity contribution in [1.82, 2.24) is 9.80 Å². The van der Waals surface area contributed by atoms with Crippen molar-refractivity contribution in [3.05, 3.63) is 64.7 Å². The zero-order chi connectivity index (χ0) is 20.6. The molecule has 7 heteroatoms. The molecule has 0 N–H and O–H groups in total. The topological polar surface area (TPSA) is 53.1 Å². The Morgan fingerprint density at radius 3 is 2.41 bits per heavy atom. The average molecular weight is 412 g/mol. The van der Waals surface area contributed by atoms with Gasteiger partial charge in [0.05, 0.1) is 7.11 Å². The van der Waals surface area contributed by atoms with E-state index in [0.717, 1.165) is 13.1 Å². The molecule has 0 spiro atoms. The molecule has 1 saturated heterocycles. The highest BCUT2D eigenvalue weighted by atomic mass is 35.5. The summed E-state index contributed by atoms with van der Waals surface area (Å²) < 4.78 is 5.26. The van der Waals surface area contributed by atoms with Gasteiger partial charge in [-0.05, 0) is 49.5 Å². The molecule has 150 valence electrons. The molecule has 2 aromatic rings. The number of benzene rings is 2. The van der Waals surface area contributed by atoms with Gasteiger partial charge in [0.2, 0.25) is 0 Å². The molecule has 0 aliphatic carbocycles. The van der Waals surface area contributed by atoms with Gasteiger partial charge in [0.1, 0.15) is 11.7 Å². The van der Waals surface area contributed by atoms with Crippen molar-refractivity contribution in [3.8, 4) is 5.75 Å². The van der Waals surface area contributed by atoms with Crippen molar-refractivity contribution in [2.24, 2.45) is 0 Å². The summed E-state index contributed by atoms with van der Waals surface area (Å²) in [6.45, 7) is 3.05. The molecule has 1 unspecified atom stereocenters. The van der Waals surface area contributed by atoms with Crippen LogP contribution >= 0.6 is 11.6 Å². The second-order valence-electron chi connectivity index (χ2n) is 7.31. The lowest BCUT2D eigenvalue weighted by Gasteiger charge is -2.47. The number of nitrogens with zero attached hydrogens (tertiary/aromatic N) is 3. The van der Waals surface area contributed by atoms with E-state index in [1.807, 2.05) is 18.1 Å². The Hall–Kier alpha value is -2.63. The van der Waals surface area contributed by atoms with Gasteiger partial charge in [0.15, 0.2) is 5.66 Å². The number of fused-ring (bicyclic) bond motifs is 1. The highest BCUT2D eigenvalue weighted by molar-refractivity contribution is 6.31. The second-order valence-corrected chi connectivity index (χ2v) is 7.74. The van der Waals surface area contributed by atoms with Gasteiger partial charge in [-0.2, -0.15) is 0 Å². The third-order valence-electron chi connectivity index (χ3n) is 5.73. The predicted octanol–water partition coefficient (Wildman–Crippen LogP) is 2.80. The zero-order valence-electron chi connectivity index (χ0n) is 16.4. The number of halogens is 1. The first-order chi connectivity index (χ1) is 14.0. The van der Waals surface area contributed by atoms with Crippen LogP contribution in [-0.2, 0) is 10.5 Å². The van der Waals surface area contributed by atoms with Gasteiger partial charge in [-0.15, -0.1) is 0 Å². The normalized spacial score (nSPS) is 22.3. The van der Waals surface area contributed by atoms with Crippen molar-refractivity contribution in [1.29, 1.82) is 0 Å². The van der Waals surface area contributed by atoms with E-state index < -0.39 is 5.66 Å². The highest BCUT2D eigenvalue weighted by Gasteiger charge is 2.53. The van der Waals surface area contributed by atoms with Crippen LogP contribution in [0.1, 0.15) is 15.9 Å². The van der Waals surface area contributed by atoms with Crippen LogP contribution in [0.5, 0.6) is 5.75 Å². The molecule has 2 heterocycles. The summed E-state index contributed by atoms with van der Waals surface area (Å²) in [5, 5.41) is 0.519. The maximum atomic E-state index is 13.5. The van der Waals surface area contributed by atoms with E-state index in [1.165, 1.54) is 6.08 Å². The van der Waals surface area contributed by atoms with Crippen LogP contribution in [0.2, 0.25) is 5.02 Å². The Balaban J connectivity index is 1.94. The molecule has 4 rings (SSSR count). The first-order valence-electron chi connectivity index (χ1n) is 9.45. The van der Waals surface area contributed by atoms with Crippen molar-refractivity contribution in [2.75, 3.05) is 45.2 Å². The molecule has 0 aromatic heterocycles. The molecule has 0 bridgehead atoms. The number of carbonyl (C=O) groups is 1. The SMILES string of the molecule is COc1ccc(N2C(=O)c3ccc(Cl)cc3C2(C=C=O)N2CCN(C)CC2)cc1. The Kier molecular flexibility index (Phi) is 5.19. The van der Waals surface area contributed by atoms with Gasteiger partial charge in [-0.3, -0.25) is 14.6 Å². The summed E-state index contributed by atoms with van der Waals surface area (Å²) in [4.78, 5) is 31.3. The van der Waals surface area contributed by atoms with Gasteiger partial charge < -0.3 is 9.64 Å². The van der Waals surface area contributed by atoms with E-state index in [-0.39, 0.29) is 5.91 Å². The number of likely N-dealkylation sites (N-methyl/N-ethyl adjacent to an activating group) is 1. The minimum atomic E-state index is -1.07. The van der Waals surface area contributed by atoms with Crippen LogP contribution in [0.15, 0.2) is 48.5 Å². The molecule has 6 nitrogen and oxygen atoms in total. The van der Waals surface area contributed by atoms with Crippen LogP contribution in [0.3, 0.4) is 0 Å². The summed E-state index contributed by atoms with van der Waals surface area (Å²) in [5.74, 6) is 2.49. The monoisotopic (exact) mass is 411 g/mol. The quantitative estimate of drug-likeness (QED) is 0.724. The van der Waals surface area contributed by atoms with Gasteiger partial charge in [0.25, 0.3) is 5.91 Å². The second kappa shape index (κ2) is 7.65. The van der Waals surface area contributed by atoms with Crippen LogP contribution in [-0.4, -0.2) is 62.0 Å². The van der Waals surface area contributed by atoms with Crippen LogP contribution < -0.4 is 9.64 Å². The van der Waals surface area contributed by atoms with Crippen LogP contribution in [0, 0.1) is 0 Å². The van der Waals surface area contributed by atoms with E-state index in [0.29, 0.717) is 40.7 Å². The van der Waals surface area contributed by atoms with Crippen LogP contribution in [0.25, 0.3) is 0 Å². The number of carbonyl (C=O) groups excluding carboxylic acids is 2. The third kappa shape index (κ3) is 3.15. The molecule has 2 aliphatic heterocycles. The summed E-state index contributed by atoms with van der Waals surface area (Å²) in [7, 11) is 3.66. The fourth-order valence-electron chi connectivity index (χ4n) is 4.22. The van der Waals surface area contributed by atoms with E-state index in [9.17, 15) is 9.59 Å². The number of rotatable bonds is 4. The number of hydrogen-bond acceptors (Lipinski definition) is 5. The van der Waals surface area contributed by atoms with Crippen molar-refractivity contribution >= 4 is 29.1 Å². The van der Waals surface area contributed by atoms with E-state index in [1.54, 1.807) is 42.3 Å². The average Bonchev–Trinajstić information content (AvgIpc) is 2.97. The molecule has 1 amide bonds. The molecule has 1 atom stereocenters. The Morgan fingerprint density at radius 2 is 1.79 bits per heavy atom. The molecule has 2 aliphatic rings. The van der Waals surface area contributed by atoms with E-state index in [4.69, 9.17) is 16.3 Å². The summed E-state index contributed by atoms with van der Waals surface area (Å²) in [6, 6.07) is 12.5. The van der Waals surface area contributed by atoms with Crippen molar-refractivity contribution < 1.29 is 14.3 Å². The maximum absolute atomic E-state index is 13.5. The Morgan fingerprint density at radius 1 is 1.10 bits per heavy atom. The molecule has 0 saturated carbocycles. The zero-order valence-corrected chi connectivity index (χ0v) is 17.1. The van der Waals surface area contributed by atoms with Gasteiger partial charge in [-0.1, -0.05) is 11.6 Å². The fraction of sp³-hybridized carbons (Fsp3) is 0.318. The summed E-state index contributed by atoms with van der Waals surface area (Å²) in [6.07, 6.45) is 1.45. The Labute approximate surface area is 174 Å². The van der Waals surface area contributed by atoms with Crippen molar-refractivity contribution in [3.63, 3.8) is 0 Å². The number of hydrogen-bond donors (Lipinski definition) is 0. The fourth-order valence-corrected chi connectivity index (χ4v) is 4.40. The summed E-state index contributed by atoms with van der Waals surface area (Å²) in [5.41, 5.74) is 0.845. The molecule has 2 aromatic carbocycles. The molecule has 1 fully saturated rings. The number of piperazine rings is 1. The van der Waals surface area contributed by atoms with E-state index in [2.05, 4.69) is 16.8 Å². The van der Waals surface area contributed by atoms with Crippen molar-refractivity contribution in [2.45, 2.75) is 5.66 Å². The predicted molar refractivity (Wildman–Crippen MR) is 112 cm³/mol. The minimum Gasteiger partial charge on any atom is -0.497 e. The number of ether oxygens (including phenoxy) is 1. The van der Waals surface area contributed by atoms with Gasteiger partial charge in [-0.25, -0.2) is 4.79 Å². The lowest BCUT2D eigenvalue weighted by atomic mass is 9.95. The summed E-state index contributed by atoms with van der Waals surface area (Å²) >= 11 is 6.31. The molecular weight excluding hydrogens is 390 g/mol. The largest absolute Gasteiger partial charge is 0.497 e. The van der Waals surface area contributed by atoms with Crippen LogP contribution in [0.4, 0.5) is 5.69 Å². The minimum absolute atomic E-state index is 0.174. The third-order valence-corrected chi connectivity index (χ3v) is 5.96. The smallest absolute Gasteiger partial charge is 0.260 e. The number of amides is 1. The highest BCUT2D eigenvalue weighted by Crippen LogP contribution is 2.46. The molecule has 0 radical (unpaired) electrons. The first kappa shape index (κ1) is 19.7. The van der Waals surface area contributed by atoms with Gasteiger partial charge in [0, 0.05) is 54.1 Å². The number of anilines is 1. The lowest BCUT2D eigenvalue weighted by molar-refractivity contribution is 0.0639. The van der Waals surface area contributed by atoms with E-state index >= 15 is 0 Å². The van der Waals surface area contributed by atoms with Gasteiger partial charge >= 0.3 is 0 Å².